The number of aromatic nitrogens is 4. The molecule has 24 nitrogen and oxygen atoms in total. The molecule has 306 valence electrons. The maximum atomic E-state index is 12.7. The molecule has 7 atom stereocenters. The number of imidazole rings is 1. The molecule has 0 spiro atoms. The van der Waals surface area contributed by atoms with Crippen molar-refractivity contribution >= 4 is 52.3 Å². The minimum absolute atomic E-state index is 0.0348. The van der Waals surface area contributed by atoms with Gasteiger partial charge in [-0.2, -0.15) is 4.31 Å². The normalized spacial score (nSPS) is 22.7. The zero-order valence-corrected chi connectivity index (χ0v) is 32.7. The maximum Gasteiger partial charge on any atom is 0.481 e. The van der Waals surface area contributed by atoms with Crippen molar-refractivity contribution in [1.82, 2.24) is 30.2 Å². The lowest BCUT2D eigenvalue weighted by Gasteiger charge is -2.30. The molecule has 2 amide bonds. The maximum absolute atomic E-state index is 12.7. The van der Waals surface area contributed by atoms with Gasteiger partial charge in [0.05, 0.1) is 31.4 Å². The molecule has 2 aromatic heterocycles. The molecular weight excluding hydrogens is 787 g/mol. The fraction of sp³-hybridized carbons (Fsp3) is 0.667. The lowest BCUT2D eigenvalue weighted by molar-refractivity contribution is -0.137. The van der Waals surface area contributed by atoms with Crippen LogP contribution in [0, 0.1) is 5.41 Å². The third kappa shape index (κ3) is 13.7. The van der Waals surface area contributed by atoms with Gasteiger partial charge in [0.25, 0.3) is 0 Å². The van der Waals surface area contributed by atoms with Crippen LogP contribution in [-0.2, 0) is 50.6 Å². The van der Waals surface area contributed by atoms with E-state index >= 15 is 0 Å². The number of aliphatic hydroxyl groups excluding tert-OH is 2. The summed E-state index contributed by atoms with van der Waals surface area (Å²) >= 11 is 0. The first-order chi connectivity index (χ1) is 24.7. The van der Waals surface area contributed by atoms with Gasteiger partial charge < -0.3 is 55.6 Å². The number of rotatable bonds is 19. The standard InChI is InChI=1S/C27H46N7O17P3/c1-15(10-46-26(2,3)4)9-30-17(35)7-8-29-24(38)21(37)27(5,6)12-48-54(44,45)51-53(42,43)47-11-16-20(50-52(39,40)41)19(36)25(49-16)34-14-33-18-22(28)31-13-32-23(18)34/h10,13-14,16,19-21,25,36-37H,7-9,11-12H2,1-6H3,(H,29,38)(H,30,35)(H,42,43)(H,44,45)(H2,28,31,32)(H2,39,40,41)/b15-10+. The van der Waals surface area contributed by atoms with E-state index in [0.717, 1.165) is 22.8 Å². The van der Waals surface area contributed by atoms with Gasteiger partial charge in [0.15, 0.2) is 17.7 Å². The van der Waals surface area contributed by atoms with Crippen LogP contribution in [0.15, 0.2) is 24.5 Å². The van der Waals surface area contributed by atoms with E-state index in [0.29, 0.717) is 0 Å². The number of nitrogen functional groups attached to an aromatic ring is 1. The summed E-state index contributed by atoms with van der Waals surface area (Å²) < 4.78 is 67.6. The third-order valence-electron chi connectivity index (χ3n) is 7.26. The SMILES string of the molecule is C/C(=C\OC(C)(C)C)CNC(=O)CCNC(=O)C(O)C(C)(C)COP(=O)(O)OP(=O)(O)OCC1OC(n2cnc3c(N)ncnc32)C(O)C1OP(=O)(O)O. The molecule has 0 bridgehead atoms. The molecule has 1 fully saturated rings. The Morgan fingerprint density at radius 3 is 2.33 bits per heavy atom. The average molecular weight is 834 g/mol. The second-order valence-corrected chi connectivity index (χ2v) is 17.9. The highest BCUT2D eigenvalue weighted by Gasteiger charge is 2.50. The van der Waals surface area contributed by atoms with E-state index in [-0.39, 0.29) is 36.5 Å². The number of carbonyl (C=O) groups is 2. The van der Waals surface area contributed by atoms with Gasteiger partial charge in [0.2, 0.25) is 11.8 Å². The van der Waals surface area contributed by atoms with Crippen LogP contribution in [0.2, 0.25) is 0 Å². The smallest absolute Gasteiger partial charge is 0.481 e. The number of phosphoric ester groups is 3. The number of amides is 2. The van der Waals surface area contributed by atoms with Gasteiger partial charge in [-0.25, -0.2) is 28.6 Å². The van der Waals surface area contributed by atoms with Crippen LogP contribution in [0.3, 0.4) is 0 Å². The lowest BCUT2D eigenvalue weighted by atomic mass is 9.87. The third-order valence-corrected chi connectivity index (χ3v) is 10.4. The van der Waals surface area contributed by atoms with Crippen molar-refractivity contribution in [2.24, 2.45) is 5.41 Å². The van der Waals surface area contributed by atoms with E-state index in [9.17, 15) is 53.1 Å². The summed E-state index contributed by atoms with van der Waals surface area (Å²) in [5.74, 6) is -1.40. The minimum Gasteiger partial charge on any atom is -0.496 e. The zero-order valence-electron chi connectivity index (χ0n) is 30.0. The van der Waals surface area contributed by atoms with Crippen LogP contribution in [0.5, 0.6) is 0 Å². The van der Waals surface area contributed by atoms with Crippen LogP contribution in [0.25, 0.3) is 11.2 Å². The molecule has 2 aromatic rings. The number of carbonyl (C=O) groups excluding carboxylic acids is 2. The Bertz CT molecular complexity index is 1810. The molecule has 10 N–H and O–H groups in total. The molecule has 0 radical (unpaired) electrons. The highest BCUT2D eigenvalue weighted by atomic mass is 31.3. The number of nitrogens with two attached hydrogens (primary N) is 1. The van der Waals surface area contributed by atoms with Gasteiger partial charge in [0, 0.05) is 24.9 Å². The van der Waals surface area contributed by atoms with E-state index in [1.807, 2.05) is 20.8 Å². The van der Waals surface area contributed by atoms with Gasteiger partial charge in [-0.3, -0.25) is 27.7 Å². The second kappa shape index (κ2) is 17.9. The number of aliphatic hydroxyl groups is 2. The van der Waals surface area contributed by atoms with E-state index in [1.165, 1.54) is 20.1 Å². The molecule has 0 saturated carbocycles. The Hall–Kier alpha value is -2.92. The van der Waals surface area contributed by atoms with E-state index in [2.05, 4.69) is 34.4 Å². The molecule has 3 heterocycles. The van der Waals surface area contributed by atoms with E-state index in [1.54, 1.807) is 6.92 Å². The average Bonchev–Trinajstić information content (AvgIpc) is 3.60. The van der Waals surface area contributed by atoms with Crippen molar-refractivity contribution in [1.29, 1.82) is 0 Å². The molecule has 1 aliphatic rings. The Morgan fingerprint density at radius 1 is 1.06 bits per heavy atom. The Labute approximate surface area is 308 Å². The van der Waals surface area contributed by atoms with Crippen molar-refractivity contribution < 1.29 is 80.4 Å². The minimum atomic E-state index is -5.56. The first kappa shape index (κ1) is 45.5. The first-order valence-electron chi connectivity index (χ1n) is 15.9. The van der Waals surface area contributed by atoms with Crippen LogP contribution >= 0.6 is 23.5 Å². The fourth-order valence-electron chi connectivity index (χ4n) is 4.50. The van der Waals surface area contributed by atoms with Gasteiger partial charge in [-0.1, -0.05) is 13.8 Å². The summed E-state index contributed by atoms with van der Waals surface area (Å²) in [5, 5.41) is 26.4. The molecule has 3 rings (SSSR count). The largest absolute Gasteiger partial charge is 0.496 e. The van der Waals surface area contributed by atoms with Gasteiger partial charge >= 0.3 is 23.5 Å². The van der Waals surface area contributed by atoms with Crippen molar-refractivity contribution in [2.45, 2.75) is 84.2 Å². The number of nitrogens with zero attached hydrogens (tertiary/aromatic N) is 4. The summed E-state index contributed by atoms with van der Waals surface area (Å²) in [4.78, 5) is 75.6. The van der Waals surface area contributed by atoms with E-state index < -0.39 is 90.2 Å². The predicted octanol–water partition coefficient (Wildman–Crippen LogP) is 0.124. The number of phosphoric acid groups is 3. The number of ether oxygens (including phenoxy) is 2. The van der Waals surface area contributed by atoms with Crippen LogP contribution < -0.4 is 16.4 Å². The summed E-state index contributed by atoms with van der Waals surface area (Å²) in [6.07, 6.45) is -5.31. The summed E-state index contributed by atoms with van der Waals surface area (Å²) in [6, 6.07) is 0. The number of hydrogen-bond acceptors (Lipinski definition) is 17. The molecule has 1 saturated heterocycles. The zero-order chi connectivity index (χ0) is 40.9. The number of hydrogen-bond donors (Lipinski definition) is 9. The summed E-state index contributed by atoms with van der Waals surface area (Å²) in [6.45, 7) is 7.91. The summed E-state index contributed by atoms with van der Waals surface area (Å²) in [5.41, 5.74) is 4.63. The number of anilines is 1. The van der Waals surface area contributed by atoms with Gasteiger partial charge in [0.1, 0.15) is 36.3 Å². The fourth-order valence-corrected chi connectivity index (χ4v) is 7.33. The quantitative estimate of drug-likeness (QED) is 0.0670. The van der Waals surface area contributed by atoms with Gasteiger partial charge in [-0.15, -0.1) is 0 Å². The highest BCUT2D eigenvalue weighted by molar-refractivity contribution is 7.61. The van der Waals surface area contributed by atoms with Crippen molar-refractivity contribution in [3.05, 3.63) is 24.5 Å². The van der Waals surface area contributed by atoms with E-state index in [4.69, 9.17) is 24.3 Å². The van der Waals surface area contributed by atoms with Crippen LogP contribution in [-0.4, -0.2) is 117 Å². The van der Waals surface area contributed by atoms with Crippen molar-refractivity contribution in [3.8, 4) is 0 Å². The van der Waals surface area contributed by atoms with Crippen LogP contribution in [0.1, 0.15) is 54.2 Å². The number of fused-ring (bicyclic) bond motifs is 1. The molecule has 1 aliphatic heterocycles. The molecule has 27 heteroatoms. The summed E-state index contributed by atoms with van der Waals surface area (Å²) in [7, 11) is -16.4. The molecule has 0 aromatic carbocycles. The van der Waals surface area contributed by atoms with Crippen LogP contribution in [0.4, 0.5) is 5.82 Å². The molecular formula is C27H46N7O17P3. The highest BCUT2D eigenvalue weighted by Crippen LogP contribution is 2.61. The Kier molecular flexibility index (Phi) is 15.1. The van der Waals surface area contributed by atoms with Gasteiger partial charge in [-0.05, 0) is 33.3 Å². The molecule has 0 aliphatic carbocycles. The van der Waals surface area contributed by atoms with Crippen molar-refractivity contribution in [3.63, 3.8) is 0 Å². The topological polar surface area (TPSA) is 356 Å². The molecule has 54 heavy (non-hydrogen) atoms. The first-order valence-corrected chi connectivity index (χ1v) is 20.4. The lowest BCUT2D eigenvalue weighted by Crippen LogP contribution is -2.46. The number of nitrogens with one attached hydrogen (secondary N) is 2. The second-order valence-electron chi connectivity index (χ2n) is 13.7. The monoisotopic (exact) mass is 833 g/mol. The predicted molar refractivity (Wildman–Crippen MR) is 184 cm³/mol. The van der Waals surface area contributed by atoms with Crippen molar-refractivity contribution in [2.75, 3.05) is 32.0 Å². The Balaban J connectivity index is 1.53. The molecule has 7 unspecified atom stereocenters. The Morgan fingerprint density at radius 2 is 1.70 bits per heavy atom.